The molecule has 3 heterocycles. The molecule has 0 radical (unpaired) electrons. The first-order valence-electron chi connectivity index (χ1n) is 10.6. The van der Waals surface area contributed by atoms with Crippen molar-refractivity contribution in [3.8, 4) is 17.1 Å². The third kappa shape index (κ3) is 5.32. The Labute approximate surface area is 188 Å². The van der Waals surface area contributed by atoms with Crippen LogP contribution >= 0.6 is 0 Å². The highest BCUT2D eigenvalue weighted by Gasteiger charge is 2.18. The van der Waals surface area contributed by atoms with Crippen molar-refractivity contribution in [2.45, 2.75) is 40.3 Å². The van der Waals surface area contributed by atoms with Crippen LogP contribution in [0.15, 0.2) is 47.5 Å². The molecule has 0 aliphatic carbocycles. The minimum absolute atomic E-state index is 0.0620. The highest BCUT2D eigenvalue weighted by Crippen LogP contribution is 2.34. The quantitative estimate of drug-likeness (QED) is 0.439. The fourth-order valence-electron chi connectivity index (χ4n) is 3.26. The van der Waals surface area contributed by atoms with E-state index < -0.39 is 0 Å². The minimum Gasteiger partial charge on any atom is -0.477 e. The van der Waals surface area contributed by atoms with E-state index in [1.807, 2.05) is 45.0 Å². The summed E-state index contributed by atoms with van der Waals surface area (Å²) < 4.78 is 7.24. The van der Waals surface area contributed by atoms with E-state index in [4.69, 9.17) is 15.1 Å². The van der Waals surface area contributed by atoms with Crippen molar-refractivity contribution in [3.63, 3.8) is 0 Å². The summed E-state index contributed by atoms with van der Waals surface area (Å²) in [6.07, 6.45) is 3.43. The van der Waals surface area contributed by atoms with E-state index >= 15 is 0 Å². The van der Waals surface area contributed by atoms with Gasteiger partial charge in [0.1, 0.15) is 5.69 Å². The first kappa shape index (κ1) is 23.0. The van der Waals surface area contributed by atoms with Crippen LogP contribution in [0.2, 0.25) is 0 Å². The van der Waals surface area contributed by atoms with Crippen molar-refractivity contribution in [1.82, 2.24) is 14.5 Å². The molecule has 3 aromatic rings. The second-order valence-corrected chi connectivity index (χ2v) is 7.83. The van der Waals surface area contributed by atoms with Crippen LogP contribution in [0.4, 0.5) is 11.4 Å². The zero-order valence-corrected chi connectivity index (χ0v) is 19.2. The Hall–Kier alpha value is -3.68. The lowest BCUT2D eigenvalue weighted by Crippen LogP contribution is -2.18. The molecule has 0 atom stereocenters. The van der Waals surface area contributed by atoms with E-state index in [-0.39, 0.29) is 11.6 Å². The van der Waals surface area contributed by atoms with Crippen LogP contribution in [0.3, 0.4) is 0 Å². The van der Waals surface area contributed by atoms with Crippen molar-refractivity contribution < 1.29 is 4.74 Å². The fraction of sp³-hybridized carbons (Fsp3) is 0.333. The average molecular weight is 435 g/mol. The lowest BCUT2D eigenvalue weighted by molar-refractivity contribution is 0.328. The van der Waals surface area contributed by atoms with Gasteiger partial charge in [-0.3, -0.25) is 4.79 Å². The van der Waals surface area contributed by atoms with Crippen molar-refractivity contribution in [3.05, 3.63) is 64.3 Å². The maximum absolute atomic E-state index is 12.0. The molecule has 3 N–H and O–H groups in total. The Morgan fingerprint density at radius 3 is 2.72 bits per heavy atom. The van der Waals surface area contributed by atoms with Gasteiger partial charge < -0.3 is 25.3 Å². The van der Waals surface area contributed by atoms with Gasteiger partial charge in [-0.25, -0.2) is 9.97 Å². The van der Waals surface area contributed by atoms with Crippen molar-refractivity contribution >= 4 is 17.1 Å². The molecular weight excluding hydrogens is 404 g/mol. The van der Waals surface area contributed by atoms with Gasteiger partial charge in [0, 0.05) is 38.1 Å². The standard InChI is InChI=1S/C24H30N6O2/c1-6-32-24-18(8-7-10-26-24)19-13-20(23(28-15(2)3)22(29-19)16(4)25)27-14-17-9-11-30(5)21(31)12-17/h7-13,15,25,28H,6,14H2,1-5H3,(H,27,29). The van der Waals surface area contributed by atoms with Gasteiger partial charge in [0.2, 0.25) is 5.88 Å². The Balaban J connectivity index is 2.10. The summed E-state index contributed by atoms with van der Waals surface area (Å²) in [7, 11) is 1.72. The van der Waals surface area contributed by atoms with Crippen molar-refractivity contribution in [2.24, 2.45) is 7.05 Å². The molecule has 0 aromatic carbocycles. The second-order valence-electron chi connectivity index (χ2n) is 7.83. The predicted octanol–water partition coefficient (Wildman–Crippen LogP) is 4.06. The summed E-state index contributed by atoms with van der Waals surface area (Å²) in [5.41, 5.74) is 4.65. The molecule has 0 spiro atoms. The lowest BCUT2D eigenvalue weighted by Gasteiger charge is -2.21. The zero-order valence-electron chi connectivity index (χ0n) is 19.2. The van der Waals surface area contributed by atoms with Gasteiger partial charge in [-0.05, 0) is 57.5 Å². The number of aryl methyl sites for hydroxylation is 1. The highest BCUT2D eigenvalue weighted by molar-refractivity contribution is 6.03. The van der Waals surface area contributed by atoms with Gasteiger partial charge in [0.15, 0.2) is 0 Å². The number of anilines is 2. The number of rotatable bonds is 9. The maximum atomic E-state index is 12.0. The summed E-state index contributed by atoms with van der Waals surface area (Å²) in [6, 6.07) is 9.33. The van der Waals surface area contributed by atoms with Gasteiger partial charge in [0.25, 0.3) is 5.56 Å². The fourth-order valence-corrected chi connectivity index (χ4v) is 3.26. The number of nitrogens with one attached hydrogen (secondary N) is 3. The first-order valence-corrected chi connectivity index (χ1v) is 10.6. The summed E-state index contributed by atoms with van der Waals surface area (Å²) in [5.74, 6) is 0.498. The SMILES string of the molecule is CCOc1ncccc1-c1cc(NCc2ccn(C)c(=O)c2)c(NC(C)C)c(C(C)=N)n1. The van der Waals surface area contributed by atoms with Crippen molar-refractivity contribution in [2.75, 3.05) is 17.2 Å². The van der Waals surface area contributed by atoms with Crippen LogP contribution in [0.25, 0.3) is 11.3 Å². The topological polar surface area (TPSA) is 105 Å². The van der Waals surface area contributed by atoms with Crippen LogP contribution in [0.5, 0.6) is 5.88 Å². The normalized spacial score (nSPS) is 10.8. The van der Waals surface area contributed by atoms with E-state index in [0.29, 0.717) is 36.1 Å². The lowest BCUT2D eigenvalue weighted by atomic mass is 10.1. The summed E-state index contributed by atoms with van der Waals surface area (Å²) in [4.78, 5) is 21.1. The zero-order chi connectivity index (χ0) is 23.3. The van der Waals surface area contributed by atoms with E-state index in [1.165, 1.54) is 4.57 Å². The first-order chi connectivity index (χ1) is 15.3. The molecule has 0 aliphatic rings. The van der Waals surface area contributed by atoms with E-state index in [1.54, 1.807) is 32.4 Å². The van der Waals surface area contributed by atoms with Crippen LogP contribution in [-0.4, -0.2) is 32.9 Å². The molecule has 8 heteroatoms. The molecule has 0 aliphatic heterocycles. The van der Waals surface area contributed by atoms with Crippen LogP contribution < -0.4 is 20.9 Å². The monoisotopic (exact) mass is 434 g/mol. The number of nitrogens with zero attached hydrogens (tertiary/aromatic N) is 3. The van der Waals surface area contributed by atoms with Crippen LogP contribution in [-0.2, 0) is 13.6 Å². The second kappa shape index (κ2) is 10.1. The van der Waals surface area contributed by atoms with Gasteiger partial charge in [-0.1, -0.05) is 0 Å². The Morgan fingerprint density at radius 1 is 1.28 bits per heavy atom. The summed E-state index contributed by atoms with van der Waals surface area (Å²) in [5, 5.41) is 15.2. The molecule has 0 saturated carbocycles. The van der Waals surface area contributed by atoms with Crippen LogP contribution in [0, 0.1) is 5.41 Å². The molecule has 0 fully saturated rings. The molecule has 168 valence electrons. The molecular formula is C24H30N6O2. The van der Waals surface area contributed by atoms with E-state index in [0.717, 1.165) is 22.5 Å². The average Bonchev–Trinajstić information content (AvgIpc) is 2.75. The van der Waals surface area contributed by atoms with Gasteiger partial charge in [0.05, 0.1) is 35.0 Å². The van der Waals surface area contributed by atoms with Gasteiger partial charge in [-0.15, -0.1) is 0 Å². The van der Waals surface area contributed by atoms with E-state index in [2.05, 4.69) is 15.6 Å². The largest absolute Gasteiger partial charge is 0.477 e. The van der Waals surface area contributed by atoms with Crippen LogP contribution in [0.1, 0.15) is 39.0 Å². The third-order valence-electron chi connectivity index (χ3n) is 4.79. The third-order valence-corrected chi connectivity index (χ3v) is 4.79. The number of ether oxygens (including phenoxy) is 1. The molecule has 0 unspecified atom stereocenters. The Morgan fingerprint density at radius 2 is 2.06 bits per heavy atom. The predicted molar refractivity (Wildman–Crippen MR) is 129 cm³/mol. The van der Waals surface area contributed by atoms with Gasteiger partial charge >= 0.3 is 0 Å². The minimum atomic E-state index is -0.0620. The maximum Gasteiger partial charge on any atom is 0.250 e. The summed E-state index contributed by atoms with van der Waals surface area (Å²) >= 11 is 0. The molecule has 0 amide bonds. The number of hydrogen-bond donors (Lipinski definition) is 3. The Bertz CT molecular complexity index is 1170. The molecule has 0 bridgehead atoms. The molecule has 32 heavy (non-hydrogen) atoms. The smallest absolute Gasteiger partial charge is 0.250 e. The molecule has 8 nitrogen and oxygen atoms in total. The number of pyridine rings is 3. The molecule has 3 aromatic heterocycles. The summed E-state index contributed by atoms with van der Waals surface area (Å²) in [6.45, 7) is 8.64. The Kier molecular flexibility index (Phi) is 7.25. The molecule has 0 saturated heterocycles. The van der Waals surface area contributed by atoms with Gasteiger partial charge in [-0.2, -0.15) is 0 Å². The highest BCUT2D eigenvalue weighted by atomic mass is 16.5. The number of aromatic nitrogens is 3. The van der Waals surface area contributed by atoms with E-state index in [9.17, 15) is 4.79 Å². The molecule has 3 rings (SSSR count). The van der Waals surface area contributed by atoms with Crippen molar-refractivity contribution in [1.29, 1.82) is 5.41 Å². The number of hydrogen-bond acceptors (Lipinski definition) is 7.